The van der Waals surface area contributed by atoms with Crippen molar-refractivity contribution in [2.45, 2.75) is 23.8 Å². The van der Waals surface area contributed by atoms with Crippen LogP contribution in [0.1, 0.15) is 30.0 Å². The third kappa shape index (κ3) is 4.19. The molecule has 1 unspecified atom stereocenters. The molecule has 146 valence electrons. The van der Waals surface area contributed by atoms with E-state index < -0.39 is 21.7 Å². The van der Waals surface area contributed by atoms with Gasteiger partial charge in [-0.3, -0.25) is 9.48 Å². The summed E-state index contributed by atoms with van der Waals surface area (Å²) in [5, 5.41) is 10.3. The summed E-state index contributed by atoms with van der Waals surface area (Å²) in [4.78, 5) is 12.4. The fraction of sp³-hybridized carbons (Fsp3) is 0.444. The van der Waals surface area contributed by atoms with Gasteiger partial charge in [-0.05, 0) is 30.2 Å². The number of aromatic nitrogens is 2. The number of carbonyl (C=O) groups is 1. The lowest BCUT2D eigenvalue weighted by molar-refractivity contribution is -0.125. The first-order valence-electron chi connectivity index (χ1n) is 8.66. The van der Waals surface area contributed by atoms with Crippen LogP contribution in [0.25, 0.3) is 0 Å². The first kappa shape index (κ1) is 19.5. The van der Waals surface area contributed by atoms with Crippen molar-refractivity contribution in [2.24, 2.45) is 13.0 Å². The average Bonchev–Trinajstić information content (AvgIpc) is 3.21. The maximum absolute atomic E-state index is 14.1. The minimum Gasteiger partial charge on any atom is -0.349 e. The fourth-order valence-electron chi connectivity index (χ4n) is 3.43. The number of nitrogens with zero attached hydrogens (tertiary/aromatic N) is 2. The molecule has 0 spiro atoms. The summed E-state index contributed by atoms with van der Waals surface area (Å²) >= 11 is 0. The van der Waals surface area contributed by atoms with Crippen molar-refractivity contribution >= 4 is 15.7 Å². The van der Waals surface area contributed by atoms with Crippen LogP contribution in [0.3, 0.4) is 0 Å². The highest BCUT2D eigenvalue weighted by Crippen LogP contribution is 2.29. The first-order chi connectivity index (χ1) is 12.7. The number of carbonyl (C=O) groups excluding carboxylic acids is 1. The summed E-state index contributed by atoms with van der Waals surface area (Å²) in [6.45, 7) is 2.99. The van der Waals surface area contributed by atoms with Gasteiger partial charge in [0, 0.05) is 38.5 Å². The summed E-state index contributed by atoms with van der Waals surface area (Å²) in [5.41, 5.74) is 1.51. The predicted molar refractivity (Wildman–Crippen MR) is 98.4 cm³/mol. The zero-order chi connectivity index (χ0) is 19.8. The molecule has 0 radical (unpaired) electrons. The molecule has 3 rings (SSSR count). The Kier molecular flexibility index (Phi) is 5.34. The third-order valence-electron chi connectivity index (χ3n) is 4.92. The predicted octanol–water partition coefficient (Wildman–Crippen LogP) is 1.14. The number of rotatable bonds is 5. The topological polar surface area (TPSA) is 93.1 Å². The number of benzene rings is 1. The lowest BCUT2D eigenvalue weighted by Gasteiger charge is -2.21. The van der Waals surface area contributed by atoms with E-state index in [0.29, 0.717) is 18.7 Å². The molecule has 1 aromatic heterocycles. The molecule has 1 aliphatic rings. The standard InChI is InChI=1S/C18H23FN4O3S/c1-11(12-4-5-17(16(19)6-12)27(3,25)26)22-18(24)15-9-20-8-14(15)13-7-21-23(2)10-13/h4-7,10-11,14-15,20H,8-9H2,1-3H3,(H,22,24)/t11?,14-,15+/m1/s1. The van der Waals surface area contributed by atoms with Crippen molar-refractivity contribution in [1.82, 2.24) is 20.4 Å². The van der Waals surface area contributed by atoms with E-state index in [1.807, 2.05) is 13.2 Å². The van der Waals surface area contributed by atoms with Gasteiger partial charge in [0.05, 0.1) is 18.2 Å². The van der Waals surface area contributed by atoms with Crippen LogP contribution < -0.4 is 10.6 Å². The van der Waals surface area contributed by atoms with Gasteiger partial charge in [0.25, 0.3) is 0 Å². The van der Waals surface area contributed by atoms with Crippen LogP contribution in [-0.2, 0) is 21.7 Å². The maximum atomic E-state index is 14.1. The summed E-state index contributed by atoms with van der Waals surface area (Å²) in [5.74, 6) is -1.17. The van der Waals surface area contributed by atoms with Crippen LogP contribution >= 0.6 is 0 Å². The minimum absolute atomic E-state index is 0.0234. The minimum atomic E-state index is -3.63. The molecule has 2 N–H and O–H groups in total. The fourth-order valence-corrected chi connectivity index (χ4v) is 4.16. The van der Waals surface area contributed by atoms with E-state index in [1.54, 1.807) is 17.8 Å². The van der Waals surface area contributed by atoms with Crippen molar-refractivity contribution in [2.75, 3.05) is 19.3 Å². The number of nitrogens with one attached hydrogen (secondary N) is 2. The monoisotopic (exact) mass is 394 g/mol. The maximum Gasteiger partial charge on any atom is 0.225 e. The summed E-state index contributed by atoms with van der Waals surface area (Å²) in [7, 11) is -1.80. The number of sulfone groups is 1. The summed E-state index contributed by atoms with van der Waals surface area (Å²) < 4.78 is 38.9. The van der Waals surface area contributed by atoms with Gasteiger partial charge in [-0.2, -0.15) is 5.10 Å². The molecule has 2 heterocycles. The van der Waals surface area contributed by atoms with Crippen LogP contribution in [0.2, 0.25) is 0 Å². The second-order valence-corrected chi connectivity index (χ2v) is 9.00. The van der Waals surface area contributed by atoms with Gasteiger partial charge < -0.3 is 10.6 Å². The molecule has 27 heavy (non-hydrogen) atoms. The quantitative estimate of drug-likeness (QED) is 0.793. The molecule has 2 aromatic rings. The molecule has 7 nitrogen and oxygen atoms in total. The van der Waals surface area contributed by atoms with Crippen molar-refractivity contribution in [3.8, 4) is 0 Å². The first-order valence-corrected chi connectivity index (χ1v) is 10.5. The Morgan fingerprint density at radius 2 is 2.15 bits per heavy atom. The van der Waals surface area contributed by atoms with E-state index in [4.69, 9.17) is 0 Å². The highest BCUT2D eigenvalue weighted by atomic mass is 32.2. The van der Waals surface area contributed by atoms with Crippen molar-refractivity contribution in [3.05, 3.63) is 47.5 Å². The van der Waals surface area contributed by atoms with E-state index in [2.05, 4.69) is 15.7 Å². The smallest absolute Gasteiger partial charge is 0.225 e. The zero-order valence-corrected chi connectivity index (χ0v) is 16.3. The SMILES string of the molecule is CC(NC(=O)[C@H]1CNC[C@@H]1c1cnn(C)c1)c1ccc(S(C)(=O)=O)c(F)c1. The number of aryl methyl sites for hydroxylation is 1. The second-order valence-electron chi connectivity index (χ2n) is 7.01. The lowest BCUT2D eigenvalue weighted by atomic mass is 9.90. The molecular formula is C18H23FN4O3S. The molecular weight excluding hydrogens is 371 g/mol. The number of hydrogen-bond acceptors (Lipinski definition) is 5. The van der Waals surface area contributed by atoms with E-state index in [9.17, 15) is 17.6 Å². The molecule has 9 heteroatoms. The van der Waals surface area contributed by atoms with Crippen LogP contribution in [-0.4, -0.2) is 43.5 Å². The molecule has 1 saturated heterocycles. The largest absolute Gasteiger partial charge is 0.349 e. The Balaban J connectivity index is 1.73. The van der Waals surface area contributed by atoms with Gasteiger partial charge in [0.1, 0.15) is 10.7 Å². The zero-order valence-electron chi connectivity index (χ0n) is 15.4. The summed E-state index contributed by atoms with van der Waals surface area (Å²) in [6.07, 6.45) is 4.63. The van der Waals surface area contributed by atoms with Crippen LogP contribution in [0.5, 0.6) is 0 Å². The van der Waals surface area contributed by atoms with Crippen LogP contribution in [0.15, 0.2) is 35.5 Å². The lowest BCUT2D eigenvalue weighted by Crippen LogP contribution is -2.36. The van der Waals surface area contributed by atoms with Gasteiger partial charge in [0.15, 0.2) is 9.84 Å². The molecule has 1 amide bonds. The Labute approximate surface area is 157 Å². The Morgan fingerprint density at radius 1 is 1.41 bits per heavy atom. The van der Waals surface area contributed by atoms with Crippen molar-refractivity contribution < 1.29 is 17.6 Å². The van der Waals surface area contributed by atoms with Gasteiger partial charge in [-0.25, -0.2) is 12.8 Å². The molecule has 1 fully saturated rings. The molecule has 0 aliphatic carbocycles. The highest BCUT2D eigenvalue weighted by molar-refractivity contribution is 7.90. The summed E-state index contributed by atoms with van der Waals surface area (Å²) in [6, 6.07) is 3.47. The van der Waals surface area contributed by atoms with Gasteiger partial charge in [-0.15, -0.1) is 0 Å². The molecule has 1 aromatic carbocycles. The molecule has 0 bridgehead atoms. The number of amides is 1. The Bertz CT molecular complexity index is 957. The van der Waals surface area contributed by atoms with Crippen LogP contribution in [0.4, 0.5) is 4.39 Å². The van der Waals surface area contributed by atoms with Crippen LogP contribution in [0, 0.1) is 11.7 Å². The average molecular weight is 394 g/mol. The molecule has 0 saturated carbocycles. The van der Waals surface area contributed by atoms with Crippen molar-refractivity contribution in [3.63, 3.8) is 0 Å². The second kappa shape index (κ2) is 7.40. The normalized spacial score (nSPS) is 21.2. The van der Waals surface area contributed by atoms with E-state index in [1.165, 1.54) is 12.1 Å². The van der Waals surface area contributed by atoms with Gasteiger partial charge in [0.2, 0.25) is 5.91 Å². The third-order valence-corrected chi connectivity index (χ3v) is 6.05. The van der Waals surface area contributed by atoms with E-state index >= 15 is 0 Å². The molecule has 3 atom stereocenters. The van der Waals surface area contributed by atoms with Gasteiger partial charge in [-0.1, -0.05) is 6.07 Å². The molecule has 1 aliphatic heterocycles. The number of halogens is 1. The van der Waals surface area contributed by atoms with Crippen molar-refractivity contribution in [1.29, 1.82) is 0 Å². The number of hydrogen-bond donors (Lipinski definition) is 2. The van der Waals surface area contributed by atoms with Gasteiger partial charge >= 0.3 is 0 Å². The Hall–Kier alpha value is -2.26. The van der Waals surface area contributed by atoms with E-state index in [-0.39, 0.29) is 22.6 Å². The van der Waals surface area contributed by atoms with E-state index in [0.717, 1.165) is 17.9 Å². The highest BCUT2D eigenvalue weighted by Gasteiger charge is 2.35. The Morgan fingerprint density at radius 3 is 2.74 bits per heavy atom.